The van der Waals surface area contributed by atoms with Crippen molar-refractivity contribution in [1.29, 1.82) is 0 Å². The number of fused-ring (bicyclic) bond motifs is 1. The maximum atomic E-state index is 11.9. The second kappa shape index (κ2) is 6.46. The molecule has 6 heteroatoms. The summed E-state index contributed by atoms with van der Waals surface area (Å²) in [6.07, 6.45) is 2.64. The molecule has 3 rings (SSSR count). The number of hydrogen-bond donors (Lipinski definition) is 0. The fraction of sp³-hybridized carbons (Fsp3) is 0.500. The minimum absolute atomic E-state index is 0.329. The summed E-state index contributed by atoms with van der Waals surface area (Å²) >= 11 is 0. The number of ether oxygens (including phenoxy) is 1. The summed E-state index contributed by atoms with van der Waals surface area (Å²) in [5, 5.41) is 0. The summed E-state index contributed by atoms with van der Waals surface area (Å²) in [5.74, 6) is 0.583. The second-order valence-corrected chi connectivity index (χ2v) is 5.73. The number of piperazine rings is 1. The highest BCUT2D eigenvalue weighted by Gasteiger charge is 2.17. The van der Waals surface area contributed by atoms with Crippen LogP contribution in [0.15, 0.2) is 24.4 Å². The SMILES string of the molecule is COC(=O)c1cccc2cnc(CCN3CCN(C)CC3)n12. The summed E-state index contributed by atoms with van der Waals surface area (Å²) in [4.78, 5) is 21.2. The smallest absolute Gasteiger partial charge is 0.355 e. The van der Waals surface area contributed by atoms with Gasteiger partial charge >= 0.3 is 5.97 Å². The van der Waals surface area contributed by atoms with Crippen LogP contribution in [0, 0.1) is 0 Å². The summed E-state index contributed by atoms with van der Waals surface area (Å²) in [6, 6.07) is 5.59. The fourth-order valence-electron chi connectivity index (χ4n) is 2.88. The molecule has 1 fully saturated rings. The van der Waals surface area contributed by atoms with Crippen LogP contribution in [0.4, 0.5) is 0 Å². The molecule has 2 aromatic rings. The van der Waals surface area contributed by atoms with Crippen molar-refractivity contribution in [3.05, 3.63) is 35.9 Å². The van der Waals surface area contributed by atoms with Crippen LogP contribution < -0.4 is 0 Å². The molecular weight excluding hydrogens is 280 g/mol. The summed E-state index contributed by atoms with van der Waals surface area (Å²) in [6.45, 7) is 5.35. The van der Waals surface area contributed by atoms with Crippen LogP contribution in [0.3, 0.4) is 0 Å². The van der Waals surface area contributed by atoms with Gasteiger partial charge in [-0.25, -0.2) is 9.78 Å². The Morgan fingerprint density at radius 1 is 1.27 bits per heavy atom. The van der Waals surface area contributed by atoms with Crippen molar-refractivity contribution in [3.8, 4) is 0 Å². The van der Waals surface area contributed by atoms with Gasteiger partial charge in [-0.2, -0.15) is 0 Å². The van der Waals surface area contributed by atoms with E-state index in [4.69, 9.17) is 4.74 Å². The van der Waals surface area contributed by atoms with Crippen molar-refractivity contribution >= 4 is 11.5 Å². The number of pyridine rings is 1. The summed E-state index contributed by atoms with van der Waals surface area (Å²) < 4.78 is 6.78. The number of imidazole rings is 1. The van der Waals surface area contributed by atoms with Crippen molar-refractivity contribution in [2.75, 3.05) is 46.9 Å². The Kier molecular flexibility index (Phi) is 4.40. The molecule has 0 atom stereocenters. The van der Waals surface area contributed by atoms with Gasteiger partial charge < -0.3 is 14.5 Å². The predicted octanol–water partition coefficient (Wildman–Crippen LogP) is 0.911. The van der Waals surface area contributed by atoms with Crippen LogP contribution in [0.5, 0.6) is 0 Å². The highest BCUT2D eigenvalue weighted by atomic mass is 16.5. The molecule has 1 aliphatic rings. The van der Waals surface area contributed by atoms with E-state index in [1.807, 2.05) is 22.7 Å². The number of carbonyl (C=O) groups excluding carboxylic acids is 1. The molecule has 22 heavy (non-hydrogen) atoms. The molecule has 0 bridgehead atoms. The lowest BCUT2D eigenvalue weighted by Gasteiger charge is -2.32. The number of methoxy groups -OCH3 is 1. The van der Waals surface area contributed by atoms with E-state index >= 15 is 0 Å². The Labute approximate surface area is 130 Å². The number of likely N-dealkylation sites (N-methyl/N-ethyl adjacent to an activating group) is 1. The molecule has 1 saturated heterocycles. The van der Waals surface area contributed by atoms with E-state index in [0.717, 1.165) is 50.5 Å². The first kappa shape index (κ1) is 15.0. The maximum absolute atomic E-state index is 11.9. The monoisotopic (exact) mass is 302 g/mol. The molecule has 0 aromatic carbocycles. The lowest BCUT2D eigenvalue weighted by Crippen LogP contribution is -2.45. The van der Waals surface area contributed by atoms with E-state index in [9.17, 15) is 4.79 Å². The van der Waals surface area contributed by atoms with Crippen molar-refractivity contribution in [2.45, 2.75) is 6.42 Å². The van der Waals surface area contributed by atoms with E-state index in [2.05, 4.69) is 21.8 Å². The summed E-state index contributed by atoms with van der Waals surface area (Å²) in [5.41, 5.74) is 1.46. The zero-order chi connectivity index (χ0) is 15.5. The van der Waals surface area contributed by atoms with Crippen LogP contribution >= 0.6 is 0 Å². The van der Waals surface area contributed by atoms with Gasteiger partial charge in [0, 0.05) is 39.1 Å². The molecule has 118 valence electrons. The van der Waals surface area contributed by atoms with Crippen LogP contribution in [0.2, 0.25) is 0 Å². The fourth-order valence-corrected chi connectivity index (χ4v) is 2.88. The lowest BCUT2D eigenvalue weighted by molar-refractivity contribution is 0.0592. The van der Waals surface area contributed by atoms with Gasteiger partial charge in [-0.1, -0.05) is 6.07 Å². The quantitative estimate of drug-likeness (QED) is 0.786. The number of nitrogens with zero attached hydrogens (tertiary/aromatic N) is 4. The normalized spacial score (nSPS) is 17.0. The Hall–Kier alpha value is -1.92. The third-order valence-corrected chi connectivity index (χ3v) is 4.27. The Balaban J connectivity index is 1.78. The molecule has 1 aliphatic heterocycles. The minimum atomic E-state index is -0.329. The minimum Gasteiger partial charge on any atom is -0.464 e. The highest BCUT2D eigenvalue weighted by Crippen LogP contribution is 2.13. The van der Waals surface area contributed by atoms with Gasteiger partial charge in [-0.15, -0.1) is 0 Å². The first-order valence-electron chi connectivity index (χ1n) is 7.63. The molecule has 0 aliphatic carbocycles. The third-order valence-electron chi connectivity index (χ3n) is 4.27. The predicted molar refractivity (Wildman–Crippen MR) is 84.2 cm³/mol. The zero-order valence-electron chi connectivity index (χ0n) is 13.2. The van der Waals surface area contributed by atoms with Crippen molar-refractivity contribution in [1.82, 2.24) is 19.2 Å². The molecular formula is C16H22N4O2. The van der Waals surface area contributed by atoms with Crippen LogP contribution in [-0.4, -0.2) is 72.0 Å². The number of rotatable bonds is 4. The molecule has 0 saturated carbocycles. The molecule has 0 radical (unpaired) electrons. The molecule has 3 heterocycles. The largest absolute Gasteiger partial charge is 0.464 e. The number of aromatic nitrogens is 2. The molecule has 0 unspecified atom stereocenters. The summed E-state index contributed by atoms with van der Waals surface area (Å²) in [7, 11) is 3.56. The van der Waals surface area contributed by atoms with E-state index in [1.54, 1.807) is 6.07 Å². The Morgan fingerprint density at radius 2 is 2.05 bits per heavy atom. The van der Waals surface area contributed by atoms with Crippen molar-refractivity contribution in [3.63, 3.8) is 0 Å². The van der Waals surface area contributed by atoms with E-state index in [-0.39, 0.29) is 5.97 Å². The second-order valence-electron chi connectivity index (χ2n) is 5.73. The van der Waals surface area contributed by atoms with Gasteiger partial charge in [0.15, 0.2) is 0 Å². The Bertz CT molecular complexity index is 659. The van der Waals surface area contributed by atoms with Crippen molar-refractivity contribution in [2.24, 2.45) is 0 Å². The number of esters is 1. The van der Waals surface area contributed by atoms with Crippen molar-refractivity contribution < 1.29 is 9.53 Å². The van der Waals surface area contributed by atoms with Gasteiger partial charge in [0.05, 0.1) is 18.8 Å². The first-order valence-corrected chi connectivity index (χ1v) is 7.63. The van der Waals surface area contributed by atoms with Gasteiger partial charge in [0.1, 0.15) is 11.5 Å². The standard InChI is InChI=1S/C16H22N4O2/c1-18-8-10-19(11-9-18)7-6-15-17-12-13-4-3-5-14(20(13)15)16(21)22-2/h3-5,12H,6-11H2,1-2H3. The highest BCUT2D eigenvalue weighted by molar-refractivity contribution is 5.88. The Morgan fingerprint density at radius 3 is 2.77 bits per heavy atom. The van der Waals surface area contributed by atoms with E-state index < -0.39 is 0 Å². The molecule has 0 amide bonds. The number of carbonyl (C=O) groups is 1. The van der Waals surface area contributed by atoms with Crippen LogP contribution in [0.25, 0.3) is 5.52 Å². The van der Waals surface area contributed by atoms with E-state index in [0.29, 0.717) is 5.69 Å². The zero-order valence-corrected chi connectivity index (χ0v) is 13.2. The molecule has 0 N–H and O–H groups in total. The van der Waals surface area contributed by atoms with E-state index in [1.165, 1.54) is 7.11 Å². The average Bonchev–Trinajstić information content (AvgIpc) is 2.97. The van der Waals surface area contributed by atoms with Crippen LogP contribution in [0.1, 0.15) is 16.3 Å². The molecule has 6 nitrogen and oxygen atoms in total. The van der Waals surface area contributed by atoms with Crippen LogP contribution in [-0.2, 0) is 11.2 Å². The lowest BCUT2D eigenvalue weighted by atomic mass is 10.2. The topological polar surface area (TPSA) is 50.1 Å². The van der Waals surface area contributed by atoms with Gasteiger partial charge in [-0.3, -0.25) is 4.40 Å². The third kappa shape index (κ3) is 2.98. The first-order chi connectivity index (χ1) is 10.7. The molecule has 2 aromatic heterocycles. The van der Waals surface area contributed by atoms with Gasteiger partial charge in [-0.05, 0) is 19.2 Å². The average molecular weight is 302 g/mol. The maximum Gasteiger partial charge on any atom is 0.355 e. The number of hydrogen-bond acceptors (Lipinski definition) is 5. The molecule has 0 spiro atoms. The van der Waals surface area contributed by atoms with Gasteiger partial charge in [0.25, 0.3) is 0 Å². The van der Waals surface area contributed by atoms with Gasteiger partial charge in [0.2, 0.25) is 0 Å².